The van der Waals surface area contributed by atoms with Gasteiger partial charge in [0, 0.05) is 28.4 Å². The van der Waals surface area contributed by atoms with Gasteiger partial charge in [0.2, 0.25) is 0 Å². The van der Waals surface area contributed by atoms with E-state index in [9.17, 15) is 9.59 Å². The van der Waals surface area contributed by atoms with E-state index in [1.54, 1.807) is 11.4 Å². The van der Waals surface area contributed by atoms with E-state index < -0.39 is 5.97 Å². The largest absolute Gasteiger partial charge is 0.478 e. The van der Waals surface area contributed by atoms with Crippen LogP contribution in [0, 0.1) is 0 Å². The van der Waals surface area contributed by atoms with Crippen LogP contribution < -0.4 is 0 Å². The number of thiophene rings is 1. The van der Waals surface area contributed by atoms with Gasteiger partial charge in [-0.15, -0.1) is 11.3 Å². The number of nitrogens with zero attached hydrogens (tertiary/aromatic N) is 1. The Hall–Kier alpha value is -1.62. The normalized spacial score (nSPS) is 23.2. The molecule has 0 unspecified atom stereocenters. The van der Waals surface area contributed by atoms with E-state index in [0.717, 1.165) is 23.8 Å². The summed E-state index contributed by atoms with van der Waals surface area (Å²) in [6.45, 7) is 4.18. The minimum atomic E-state index is -0.982. The molecule has 0 radical (unpaired) electrons. The van der Waals surface area contributed by atoms with E-state index in [1.807, 2.05) is 4.90 Å². The lowest BCUT2D eigenvalue weighted by Crippen LogP contribution is -2.47. The maximum Gasteiger partial charge on any atom is 0.328 e. The molecule has 1 aromatic heterocycles. The van der Waals surface area contributed by atoms with Crippen molar-refractivity contribution in [2.45, 2.75) is 45.2 Å². The van der Waals surface area contributed by atoms with Gasteiger partial charge in [0.1, 0.15) is 0 Å². The smallest absolute Gasteiger partial charge is 0.328 e. The van der Waals surface area contributed by atoms with Crippen molar-refractivity contribution in [1.29, 1.82) is 0 Å². The van der Waals surface area contributed by atoms with Gasteiger partial charge in [0.15, 0.2) is 0 Å². The van der Waals surface area contributed by atoms with Gasteiger partial charge in [-0.1, -0.05) is 0 Å². The van der Waals surface area contributed by atoms with Crippen molar-refractivity contribution in [2.24, 2.45) is 0 Å². The van der Waals surface area contributed by atoms with Crippen molar-refractivity contribution in [3.8, 4) is 0 Å². The summed E-state index contributed by atoms with van der Waals surface area (Å²) in [6.07, 6.45) is 5.87. The number of carbonyl (C=O) groups is 2. The summed E-state index contributed by atoms with van der Waals surface area (Å²) in [5.41, 5.74) is 0.653. The molecule has 5 heteroatoms. The Bertz CT molecular complexity index is 525. The number of carboxylic acid groups (broad SMARTS) is 1. The molecule has 1 aromatic rings. The first-order chi connectivity index (χ1) is 9.49. The van der Waals surface area contributed by atoms with Crippen LogP contribution in [0.3, 0.4) is 0 Å². The monoisotopic (exact) mass is 293 g/mol. The van der Waals surface area contributed by atoms with Crippen LogP contribution in [0.15, 0.2) is 17.5 Å². The maximum atomic E-state index is 12.6. The molecule has 0 aromatic carbocycles. The predicted molar refractivity (Wildman–Crippen MR) is 79.9 cm³/mol. The molecule has 0 bridgehead atoms. The highest BCUT2D eigenvalue weighted by Crippen LogP contribution is 2.26. The molecule has 2 atom stereocenters. The van der Waals surface area contributed by atoms with Gasteiger partial charge in [-0.25, -0.2) is 4.79 Å². The Morgan fingerprint density at radius 3 is 2.60 bits per heavy atom. The second-order valence-electron chi connectivity index (χ2n) is 5.25. The number of amides is 1. The number of hydrogen-bond acceptors (Lipinski definition) is 3. The fourth-order valence-corrected chi connectivity index (χ4v) is 3.45. The van der Waals surface area contributed by atoms with E-state index >= 15 is 0 Å². The number of aliphatic carboxylic acids is 1. The van der Waals surface area contributed by atoms with E-state index in [-0.39, 0.29) is 18.0 Å². The molecule has 0 spiro atoms. The molecule has 1 aliphatic heterocycles. The van der Waals surface area contributed by atoms with E-state index in [2.05, 4.69) is 13.8 Å². The van der Waals surface area contributed by atoms with Gasteiger partial charge in [-0.2, -0.15) is 0 Å². The highest BCUT2D eigenvalue weighted by atomic mass is 32.1. The summed E-state index contributed by atoms with van der Waals surface area (Å²) in [4.78, 5) is 25.8. The number of hydrogen-bond donors (Lipinski definition) is 1. The molecule has 1 saturated heterocycles. The van der Waals surface area contributed by atoms with Crippen LogP contribution in [-0.2, 0) is 4.79 Å². The molecule has 20 heavy (non-hydrogen) atoms. The Morgan fingerprint density at radius 1 is 1.35 bits per heavy atom. The fourth-order valence-electron chi connectivity index (χ4n) is 2.68. The molecule has 1 aliphatic rings. The number of rotatable bonds is 3. The van der Waals surface area contributed by atoms with Gasteiger partial charge in [-0.05, 0) is 45.3 Å². The molecule has 2 heterocycles. The van der Waals surface area contributed by atoms with E-state index in [0.29, 0.717) is 5.56 Å². The Kier molecular flexibility index (Phi) is 4.60. The standard InChI is InChI=1S/C15H19NO3S/c1-10-4-3-5-11(2)16(10)15(19)12-8-13(20-9-12)6-7-14(17)18/h6-11H,3-5H2,1-2H3,(H,17,18)/b7-6+/t10-,11+. The second-order valence-corrected chi connectivity index (χ2v) is 6.19. The molecule has 2 rings (SSSR count). The lowest BCUT2D eigenvalue weighted by atomic mass is 9.97. The lowest BCUT2D eigenvalue weighted by molar-refractivity contribution is -0.131. The maximum absolute atomic E-state index is 12.6. The molecule has 0 saturated carbocycles. The van der Waals surface area contributed by atoms with Crippen LogP contribution >= 0.6 is 11.3 Å². The van der Waals surface area contributed by atoms with Crippen LogP contribution in [0.1, 0.15) is 48.3 Å². The lowest BCUT2D eigenvalue weighted by Gasteiger charge is -2.39. The van der Waals surface area contributed by atoms with Gasteiger partial charge in [0.25, 0.3) is 5.91 Å². The summed E-state index contributed by atoms with van der Waals surface area (Å²) in [5.74, 6) is -0.930. The van der Waals surface area contributed by atoms with Gasteiger partial charge < -0.3 is 10.0 Å². The fraction of sp³-hybridized carbons (Fsp3) is 0.467. The Morgan fingerprint density at radius 2 is 2.00 bits per heavy atom. The van der Waals surface area contributed by atoms with Crippen molar-refractivity contribution in [3.05, 3.63) is 28.0 Å². The molecule has 1 N–H and O–H groups in total. The molecule has 4 nitrogen and oxygen atoms in total. The number of likely N-dealkylation sites (tertiary alicyclic amines) is 1. The third-order valence-electron chi connectivity index (χ3n) is 3.68. The van der Waals surface area contributed by atoms with Crippen LogP contribution in [-0.4, -0.2) is 34.0 Å². The zero-order valence-electron chi connectivity index (χ0n) is 11.7. The predicted octanol–water partition coefficient (Wildman–Crippen LogP) is 3.25. The van der Waals surface area contributed by atoms with Crippen molar-refractivity contribution in [2.75, 3.05) is 0 Å². The average molecular weight is 293 g/mol. The van der Waals surface area contributed by atoms with Crippen molar-refractivity contribution < 1.29 is 14.7 Å². The minimum Gasteiger partial charge on any atom is -0.478 e. The van der Waals surface area contributed by atoms with Crippen molar-refractivity contribution >= 4 is 29.3 Å². The third-order valence-corrected chi connectivity index (χ3v) is 4.58. The summed E-state index contributed by atoms with van der Waals surface area (Å²) < 4.78 is 0. The van der Waals surface area contributed by atoms with Gasteiger partial charge >= 0.3 is 5.97 Å². The summed E-state index contributed by atoms with van der Waals surface area (Å²) in [6, 6.07) is 2.30. The van der Waals surface area contributed by atoms with Gasteiger partial charge in [-0.3, -0.25) is 4.79 Å². The zero-order chi connectivity index (χ0) is 14.7. The Labute approximate surface area is 122 Å². The van der Waals surface area contributed by atoms with Crippen LogP contribution in [0.25, 0.3) is 6.08 Å². The molecule has 108 valence electrons. The first-order valence-corrected chi connectivity index (χ1v) is 7.69. The zero-order valence-corrected chi connectivity index (χ0v) is 12.5. The van der Waals surface area contributed by atoms with E-state index in [1.165, 1.54) is 23.8 Å². The number of piperidine rings is 1. The highest BCUT2D eigenvalue weighted by Gasteiger charge is 2.29. The first kappa shape index (κ1) is 14.8. The minimum absolute atomic E-state index is 0.0518. The first-order valence-electron chi connectivity index (χ1n) is 6.81. The number of carbonyl (C=O) groups excluding carboxylic acids is 1. The quantitative estimate of drug-likeness (QED) is 0.870. The topological polar surface area (TPSA) is 57.6 Å². The second kappa shape index (κ2) is 6.22. The van der Waals surface area contributed by atoms with E-state index in [4.69, 9.17) is 5.11 Å². The molecular formula is C15H19NO3S. The molecule has 1 fully saturated rings. The van der Waals surface area contributed by atoms with Crippen LogP contribution in [0.2, 0.25) is 0 Å². The van der Waals surface area contributed by atoms with Crippen LogP contribution in [0.5, 0.6) is 0 Å². The molecule has 0 aliphatic carbocycles. The highest BCUT2D eigenvalue weighted by molar-refractivity contribution is 7.11. The van der Waals surface area contributed by atoms with Crippen molar-refractivity contribution in [3.63, 3.8) is 0 Å². The molecule has 1 amide bonds. The molecular weight excluding hydrogens is 274 g/mol. The van der Waals surface area contributed by atoms with Crippen LogP contribution in [0.4, 0.5) is 0 Å². The van der Waals surface area contributed by atoms with Gasteiger partial charge in [0.05, 0.1) is 5.56 Å². The SMILES string of the molecule is C[C@@H]1CCC[C@H](C)N1C(=O)c1csc(/C=C/C(=O)O)c1. The summed E-state index contributed by atoms with van der Waals surface area (Å²) in [5, 5.41) is 10.4. The summed E-state index contributed by atoms with van der Waals surface area (Å²) in [7, 11) is 0. The number of carboxylic acids is 1. The third kappa shape index (κ3) is 3.28. The summed E-state index contributed by atoms with van der Waals surface area (Å²) >= 11 is 1.39. The average Bonchev–Trinajstić information content (AvgIpc) is 2.84. The van der Waals surface area contributed by atoms with Crippen molar-refractivity contribution in [1.82, 2.24) is 4.90 Å². The Balaban J connectivity index is 2.14.